The summed E-state index contributed by atoms with van der Waals surface area (Å²) in [7, 11) is -3.60. The molecule has 2 aliphatic rings. The number of rotatable bonds is 6. The maximum absolute atomic E-state index is 13.7. The van der Waals surface area contributed by atoms with Gasteiger partial charge in [0, 0.05) is 23.8 Å². The van der Waals surface area contributed by atoms with Crippen LogP contribution in [0.4, 0.5) is 15.8 Å². The van der Waals surface area contributed by atoms with E-state index < -0.39 is 15.8 Å². The molecular formula is C20H21FN2O3S. The van der Waals surface area contributed by atoms with Gasteiger partial charge in [-0.15, -0.1) is 0 Å². The summed E-state index contributed by atoms with van der Waals surface area (Å²) in [5.41, 5.74) is 2.70. The predicted molar refractivity (Wildman–Crippen MR) is 103 cm³/mol. The van der Waals surface area contributed by atoms with Crippen LogP contribution in [-0.2, 0) is 27.7 Å². The molecule has 0 atom stereocenters. The largest absolute Gasteiger partial charge is 0.312 e. The molecule has 1 amide bonds. The summed E-state index contributed by atoms with van der Waals surface area (Å²) in [5, 5.41) is 0. The van der Waals surface area contributed by atoms with Gasteiger partial charge in [0.05, 0.1) is 5.75 Å². The number of amides is 1. The van der Waals surface area contributed by atoms with Crippen LogP contribution in [0.25, 0.3) is 0 Å². The summed E-state index contributed by atoms with van der Waals surface area (Å²) in [5.74, 6) is -0.262. The summed E-state index contributed by atoms with van der Waals surface area (Å²) in [6.45, 7) is 0.647. The van der Waals surface area contributed by atoms with Crippen LogP contribution in [0.15, 0.2) is 42.5 Å². The van der Waals surface area contributed by atoms with Gasteiger partial charge in [-0.3, -0.25) is 9.52 Å². The van der Waals surface area contributed by atoms with Gasteiger partial charge in [-0.25, -0.2) is 12.8 Å². The fourth-order valence-corrected chi connectivity index (χ4v) is 4.50. The van der Waals surface area contributed by atoms with Crippen molar-refractivity contribution in [2.45, 2.75) is 25.7 Å². The van der Waals surface area contributed by atoms with Crippen LogP contribution in [0.5, 0.6) is 0 Å². The van der Waals surface area contributed by atoms with E-state index in [1.807, 2.05) is 4.90 Å². The van der Waals surface area contributed by atoms with E-state index in [0.717, 1.165) is 30.5 Å². The Morgan fingerprint density at radius 1 is 1.19 bits per heavy atom. The van der Waals surface area contributed by atoms with Gasteiger partial charge >= 0.3 is 0 Å². The first-order valence-corrected chi connectivity index (χ1v) is 10.8. The lowest BCUT2D eigenvalue weighted by Gasteiger charge is -2.17. The number of nitrogens with one attached hydrogen (secondary N) is 1. The number of carbonyl (C=O) groups is 1. The van der Waals surface area contributed by atoms with Gasteiger partial charge in [-0.1, -0.05) is 18.2 Å². The van der Waals surface area contributed by atoms with Gasteiger partial charge < -0.3 is 4.90 Å². The minimum absolute atomic E-state index is 0.108. The molecule has 4 rings (SSSR count). The summed E-state index contributed by atoms with van der Waals surface area (Å²) in [6, 6.07) is 11.4. The molecule has 0 unspecified atom stereocenters. The zero-order chi connectivity index (χ0) is 19.0. The first kappa shape index (κ1) is 18.0. The number of benzene rings is 2. The monoisotopic (exact) mass is 388 g/mol. The van der Waals surface area contributed by atoms with Gasteiger partial charge in [-0.05, 0) is 61.1 Å². The molecule has 0 radical (unpaired) electrons. The Hall–Kier alpha value is -2.41. The van der Waals surface area contributed by atoms with Crippen molar-refractivity contribution in [3.63, 3.8) is 0 Å². The summed E-state index contributed by atoms with van der Waals surface area (Å²) in [4.78, 5) is 14.1. The highest BCUT2D eigenvalue weighted by Gasteiger charge is 2.36. The fraction of sp³-hybridized carbons (Fsp3) is 0.350. The van der Waals surface area contributed by atoms with Crippen molar-refractivity contribution in [2.75, 3.05) is 21.9 Å². The first-order chi connectivity index (χ1) is 12.9. The number of nitrogens with zero attached hydrogens (tertiary/aromatic N) is 1. The van der Waals surface area contributed by atoms with Crippen molar-refractivity contribution >= 4 is 27.3 Å². The van der Waals surface area contributed by atoms with Crippen LogP contribution in [0, 0.1) is 11.7 Å². The van der Waals surface area contributed by atoms with Crippen LogP contribution >= 0.6 is 0 Å². The topological polar surface area (TPSA) is 66.5 Å². The molecule has 7 heteroatoms. The van der Waals surface area contributed by atoms with Gasteiger partial charge in [0.1, 0.15) is 5.82 Å². The average molecular weight is 388 g/mol. The van der Waals surface area contributed by atoms with E-state index in [4.69, 9.17) is 0 Å². The molecular weight excluding hydrogens is 367 g/mol. The molecule has 1 aliphatic heterocycles. The normalized spacial score (nSPS) is 16.3. The smallest absolute Gasteiger partial charge is 0.233 e. The molecule has 1 heterocycles. The second-order valence-electron chi connectivity index (χ2n) is 7.12. The number of carbonyl (C=O) groups excluding carboxylic acids is 1. The molecule has 2 aromatic rings. The van der Waals surface area contributed by atoms with Crippen molar-refractivity contribution in [3.8, 4) is 0 Å². The summed E-state index contributed by atoms with van der Waals surface area (Å²) < 4.78 is 40.9. The number of sulfonamides is 1. The molecule has 0 aromatic heterocycles. The number of aryl methyl sites for hydroxylation is 1. The summed E-state index contributed by atoms with van der Waals surface area (Å²) in [6.07, 6.45) is 2.75. The Kier molecular flexibility index (Phi) is 4.63. The van der Waals surface area contributed by atoms with Crippen LogP contribution in [0.3, 0.4) is 0 Å². The highest BCUT2D eigenvalue weighted by Crippen LogP contribution is 2.37. The zero-order valence-corrected chi connectivity index (χ0v) is 15.6. The standard InChI is InChI=1S/C20H21FN2O3S/c21-18-4-2-1-3-14(18)10-12-27(25,26)22-17-7-8-19-16(13-17)9-11-23(19)20(24)15-5-6-15/h1-4,7-8,13,15,22H,5-6,9-12H2. The highest BCUT2D eigenvalue weighted by atomic mass is 32.2. The van der Waals surface area contributed by atoms with E-state index in [2.05, 4.69) is 4.72 Å². The van der Waals surface area contributed by atoms with E-state index >= 15 is 0 Å². The van der Waals surface area contributed by atoms with Crippen LogP contribution in [0.2, 0.25) is 0 Å². The lowest BCUT2D eigenvalue weighted by Crippen LogP contribution is -2.30. The van der Waals surface area contributed by atoms with E-state index in [-0.39, 0.29) is 24.0 Å². The second kappa shape index (κ2) is 6.96. The Morgan fingerprint density at radius 3 is 2.70 bits per heavy atom. The molecule has 1 N–H and O–H groups in total. The molecule has 27 heavy (non-hydrogen) atoms. The van der Waals surface area contributed by atoms with Crippen LogP contribution in [0.1, 0.15) is 24.0 Å². The summed E-state index contributed by atoms with van der Waals surface area (Å²) >= 11 is 0. The number of fused-ring (bicyclic) bond motifs is 1. The zero-order valence-electron chi connectivity index (χ0n) is 14.8. The minimum atomic E-state index is -3.60. The third-order valence-electron chi connectivity index (χ3n) is 5.04. The van der Waals surface area contributed by atoms with E-state index in [0.29, 0.717) is 17.8 Å². The van der Waals surface area contributed by atoms with Crippen molar-refractivity contribution in [2.24, 2.45) is 5.92 Å². The molecule has 0 bridgehead atoms. The number of halogens is 1. The Morgan fingerprint density at radius 2 is 1.96 bits per heavy atom. The Bertz CT molecular complexity index is 986. The average Bonchev–Trinajstić information content (AvgIpc) is 3.40. The first-order valence-electron chi connectivity index (χ1n) is 9.11. The lowest BCUT2D eigenvalue weighted by molar-refractivity contribution is -0.119. The third-order valence-corrected chi connectivity index (χ3v) is 6.33. The van der Waals surface area contributed by atoms with E-state index in [9.17, 15) is 17.6 Å². The van der Waals surface area contributed by atoms with Gasteiger partial charge in [0.15, 0.2) is 0 Å². The van der Waals surface area contributed by atoms with Crippen molar-refractivity contribution in [3.05, 3.63) is 59.4 Å². The highest BCUT2D eigenvalue weighted by molar-refractivity contribution is 7.92. The quantitative estimate of drug-likeness (QED) is 0.827. The molecule has 0 saturated heterocycles. The molecule has 1 fully saturated rings. The number of hydrogen-bond donors (Lipinski definition) is 1. The second-order valence-corrected chi connectivity index (χ2v) is 8.96. The van der Waals surface area contributed by atoms with Crippen LogP contribution < -0.4 is 9.62 Å². The Labute approximate surface area is 158 Å². The van der Waals surface area contributed by atoms with E-state index in [1.54, 1.807) is 36.4 Å². The van der Waals surface area contributed by atoms with Crippen LogP contribution in [-0.4, -0.2) is 26.6 Å². The molecule has 142 valence electrons. The van der Waals surface area contributed by atoms with Crippen molar-refractivity contribution < 1.29 is 17.6 Å². The SMILES string of the molecule is O=C(C1CC1)N1CCc2cc(NS(=O)(=O)CCc3ccccc3F)ccc21. The van der Waals surface area contributed by atoms with Gasteiger partial charge in [0.2, 0.25) is 15.9 Å². The molecule has 1 aliphatic carbocycles. The molecule has 0 spiro atoms. The molecule has 2 aromatic carbocycles. The van der Waals surface area contributed by atoms with Gasteiger partial charge in [-0.2, -0.15) is 0 Å². The fourth-order valence-electron chi connectivity index (χ4n) is 3.42. The predicted octanol–water partition coefficient (Wildman–Crippen LogP) is 3.11. The number of hydrogen-bond acceptors (Lipinski definition) is 3. The minimum Gasteiger partial charge on any atom is -0.312 e. The number of anilines is 2. The molecule has 5 nitrogen and oxygen atoms in total. The maximum atomic E-state index is 13.7. The maximum Gasteiger partial charge on any atom is 0.233 e. The Balaban J connectivity index is 1.43. The van der Waals surface area contributed by atoms with Crippen molar-refractivity contribution in [1.29, 1.82) is 0 Å². The van der Waals surface area contributed by atoms with E-state index in [1.165, 1.54) is 6.07 Å². The van der Waals surface area contributed by atoms with Crippen molar-refractivity contribution in [1.82, 2.24) is 0 Å². The lowest BCUT2D eigenvalue weighted by atomic mass is 10.1. The van der Waals surface area contributed by atoms with Gasteiger partial charge in [0.25, 0.3) is 0 Å². The molecule has 1 saturated carbocycles. The third kappa shape index (κ3) is 3.98.